The van der Waals surface area contributed by atoms with E-state index < -0.39 is 13.9 Å². The molecule has 1 fully saturated rings. The van der Waals surface area contributed by atoms with Gasteiger partial charge < -0.3 is 19.5 Å². The monoisotopic (exact) mass is 289 g/mol. The van der Waals surface area contributed by atoms with Gasteiger partial charge in [-0.3, -0.25) is 9.13 Å². The van der Waals surface area contributed by atoms with E-state index in [1.807, 2.05) is 0 Å². The zero-order chi connectivity index (χ0) is 13.8. The van der Waals surface area contributed by atoms with E-state index in [9.17, 15) is 9.36 Å². The van der Waals surface area contributed by atoms with E-state index in [1.54, 1.807) is 6.20 Å². The van der Waals surface area contributed by atoms with Crippen LogP contribution in [0.5, 0.6) is 0 Å². The second kappa shape index (κ2) is 6.29. The SMILES string of the molecule is CO[PH](=O)OC[C@@H]1CC[C@H](n2ccc(N)nc2=O)O1. The van der Waals surface area contributed by atoms with Crippen LogP contribution in [-0.4, -0.2) is 29.4 Å². The largest absolute Gasteiger partial charge is 0.383 e. The normalized spacial score (nSPS) is 24.5. The van der Waals surface area contributed by atoms with Gasteiger partial charge in [-0.25, -0.2) is 4.79 Å². The molecule has 1 unspecified atom stereocenters. The predicted octanol–water partition coefficient (Wildman–Crippen LogP) is 0.556. The summed E-state index contributed by atoms with van der Waals surface area (Å²) in [6, 6.07) is 1.54. The van der Waals surface area contributed by atoms with E-state index in [2.05, 4.69) is 9.51 Å². The quantitative estimate of drug-likeness (QED) is 0.789. The Hall–Kier alpha value is -1.21. The van der Waals surface area contributed by atoms with Crippen molar-refractivity contribution in [3.05, 3.63) is 22.7 Å². The van der Waals surface area contributed by atoms with Gasteiger partial charge in [0.05, 0.1) is 12.7 Å². The summed E-state index contributed by atoms with van der Waals surface area (Å²) in [5.74, 6) is 0.179. The molecule has 1 saturated heterocycles. The zero-order valence-electron chi connectivity index (χ0n) is 10.4. The third kappa shape index (κ3) is 3.63. The summed E-state index contributed by atoms with van der Waals surface area (Å²) < 4.78 is 27.6. The Bertz CT molecular complexity index is 520. The summed E-state index contributed by atoms with van der Waals surface area (Å²) in [6.07, 6.45) is 2.32. The van der Waals surface area contributed by atoms with Gasteiger partial charge in [-0.1, -0.05) is 0 Å². The Kier molecular flexibility index (Phi) is 4.71. The van der Waals surface area contributed by atoms with Gasteiger partial charge >= 0.3 is 13.9 Å². The number of nitrogen functional groups attached to an aromatic ring is 1. The lowest BCUT2D eigenvalue weighted by atomic mass is 10.2. The number of hydrogen-bond donors (Lipinski definition) is 1. The Morgan fingerprint density at radius 1 is 1.63 bits per heavy atom. The first-order valence-electron chi connectivity index (χ1n) is 5.81. The van der Waals surface area contributed by atoms with Crippen LogP contribution < -0.4 is 11.4 Å². The third-order valence-corrected chi connectivity index (χ3v) is 3.54. The van der Waals surface area contributed by atoms with E-state index in [0.29, 0.717) is 12.8 Å². The lowest BCUT2D eigenvalue weighted by Gasteiger charge is -2.15. The smallest absolute Gasteiger partial charge is 0.351 e. The number of rotatable bonds is 5. The summed E-state index contributed by atoms with van der Waals surface area (Å²) in [6.45, 7) is 0.180. The van der Waals surface area contributed by atoms with Crippen LogP contribution in [0.25, 0.3) is 0 Å². The van der Waals surface area contributed by atoms with Gasteiger partial charge in [-0.15, -0.1) is 0 Å². The fourth-order valence-corrected chi connectivity index (χ4v) is 2.32. The third-order valence-electron chi connectivity index (χ3n) is 2.80. The van der Waals surface area contributed by atoms with Crippen LogP contribution in [0.3, 0.4) is 0 Å². The van der Waals surface area contributed by atoms with Gasteiger partial charge in [0.1, 0.15) is 12.0 Å². The Morgan fingerprint density at radius 3 is 3.11 bits per heavy atom. The van der Waals surface area contributed by atoms with Crippen LogP contribution in [0.2, 0.25) is 0 Å². The molecule has 19 heavy (non-hydrogen) atoms. The highest BCUT2D eigenvalue weighted by molar-refractivity contribution is 7.33. The summed E-state index contributed by atoms with van der Waals surface area (Å²) in [5, 5.41) is 0. The van der Waals surface area contributed by atoms with Crippen LogP contribution in [0.15, 0.2) is 17.1 Å². The summed E-state index contributed by atoms with van der Waals surface area (Å²) >= 11 is 0. The summed E-state index contributed by atoms with van der Waals surface area (Å²) in [7, 11) is -1.12. The molecule has 0 aliphatic carbocycles. The summed E-state index contributed by atoms with van der Waals surface area (Å²) in [5.41, 5.74) is 4.97. The maximum atomic E-state index is 11.6. The van der Waals surface area contributed by atoms with E-state index in [1.165, 1.54) is 17.7 Å². The lowest BCUT2D eigenvalue weighted by molar-refractivity contribution is -0.0206. The Morgan fingerprint density at radius 2 is 2.42 bits per heavy atom. The van der Waals surface area contributed by atoms with Crippen molar-refractivity contribution in [1.82, 2.24) is 9.55 Å². The number of anilines is 1. The van der Waals surface area contributed by atoms with E-state index in [4.69, 9.17) is 15.0 Å². The van der Waals surface area contributed by atoms with Crippen molar-refractivity contribution in [2.45, 2.75) is 25.2 Å². The van der Waals surface area contributed by atoms with Gasteiger partial charge in [0, 0.05) is 13.3 Å². The number of hydrogen-bond acceptors (Lipinski definition) is 7. The first-order chi connectivity index (χ1) is 9.10. The molecule has 3 atom stereocenters. The van der Waals surface area contributed by atoms with Gasteiger partial charge in [0.15, 0.2) is 0 Å². The van der Waals surface area contributed by atoms with Crippen LogP contribution >= 0.6 is 8.25 Å². The fourth-order valence-electron chi connectivity index (χ4n) is 1.88. The Balaban J connectivity index is 1.94. The molecular formula is C10H16N3O5P. The highest BCUT2D eigenvalue weighted by atomic mass is 31.1. The Labute approximate surface area is 110 Å². The molecule has 106 valence electrons. The predicted molar refractivity (Wildman–Crippen MR) is 68.0 cm³/mol. The molecule has 1 aromatic heterocycles. The van der Waals surface area contributed by atoms with Gasteiger partial charge in [-0.05, 0) is 18.9 Å². The number of nitrogens with zero attached hydrogens (tertiary/aromatic N) is 2. The van der Waals surface area contributed by atoms with Crippen LogP contribution in [0, 0.1) is 0 Å². The average molecular weight is 289 g/mol. The zero-order valence-corrected chi connectivity index (χ0v) is 11.4. The lowest BCUT2D eigenvalue weighted by Crippen LogP contribution is -2.27. The van der Waals surface area contributed by atoms with Gasteiger partial charge in [0.25, 0.3) is 0 Å². The molecule has 0 spiro atoms. The first-order valence-corrected chi connectivity index (χ1v) is 7.03. The minimum atomic E-state index is -2.44. The first kappa shape index (κ1) is 14.2. The van der Waals surface area contributed by atoms with Crippen LogP contribution in [0.1, 0.15) is 19.1 Å². The molecule has 8 nitrogen and oxygen atoms in total. The minimum Gasteiger partial charge on any atom is -0.383 e. The number of ether oxygens (including phenoxy) is 1. The van der Waals surface area contributed by atoms with Gasteiger partial charge in [-0.2, -0.15) is 4.98 Å². The molecule has 1 aliphatic rings. The summed E-state index contributed by atoms with van der Waals surface area (Å²) in [4.78, 5) is 15.3. The molecule has 9 heteroatoms. The number of nitrogens with two attached hydrogens (primary N) is 1. The van der Waals surface area contributed by atoms with Crippen LogP contribution in [-0.2, 0) is 18.3 Å². The maximum Gasteiger partial charge on any atom is 0.351 e. The molecule has 2 heterocycles. The van der Waals surface area contributed by atoms with Crippen molar-refractivity contribution < 1.29 is 18.3 Å². The minimum absolute atomic E-state index is 0.179. The van der Waals surface area contributed by atoms with Crippen molar-refractivity contribution in [2.24, 2.45) is 0 Å². The molecule has 0 aromatic carbocycles. The van der Waals surface area contributed by atoms with Crippen molar-refractivity contribution in [3.63, 3.8) is 0 Å². The second-order valence-corrected chi connectivity index (χ2v) is 5.29. The topological polar surface area (TPSA) is 106 Å². The van der Waals surface area contributed by atoms with Crippen molar-refractivity contribution in [2.75, 3.05) is 19.5 Å². The van der Waals surface area contributed by atoms with Crippen molar-refractivity contribution in [1.29, 1.82) is 0 Å². The van der Waals surface area contributed by atoms with E-state index in [-0.39, 0.29) is 24.8 Å². The molecular weight excluding hydrogens is 273 g/mol. The maximum absolute atomic E-state index is 11.6. The molecule has 0 saturated carbocycles. The van der Waals surface area contributed by atoms with E-state index in [0.717, 1.165) is 0 Å². The van der Waals surface area contributed by atoms with Crippen molar-refractivity contribution >= 4 is 14.1 Å². The molecule has 2 rings (SSSR count). The van der Waals surface area contributed by atoms with E-state index >= 15 is 0 Å². The highest BCUT2D eigenvalue weighted by Crippen LogP contribution is 2.30. The van der Waals surface area contributed by atoms with Gasteiger partial charge in [0.2, 0.25) is 0 Å². The highest BCUT2D eigenvalue weighted by Gasteiger charge is 2.27. The molecule has 2 N–H and O–H groups in total. The molecule has 1 aliphatic heterocycles. The second-order valence-electron chi connectivity index (χ2n) is 4.10. The molecule has 0 radical (unpaired) electrons. The molecule has 0 amide bonds. The standard InChI is InChI=1S/C10H16N3O5P/c1-16-19(15)17-6-7-2-3-9(18-7)13-5-4-8(11)12-10(13)14/h4-5,7,9,19H,2-3,6H2,1H3,(H2,11,12,14)/t7-,9+/m0/s1. The fraction of sp³-hybridized carbons (Fsp3) is 0.600. The average Bonchev–Trinajstić information content (AvgIpc) is 2.84. The molecule has 0 bridgehead atoms. The number of aromatic nitrogens is 2. The van der Waals surface area contributed by atoms with Crippen LogP contribution in [0.4, 0.5) is 5.82 Å². The van der Waals surface area contributed by atoms with Crippen molar-refractivity contribution in [3.8, 4) is 0 Å². The molecule has 1 aromatic rings.